The number of fused-ring (bicyclic) bond motifs is 1. The average Bonchev–Trinajstić information content (AvgIpc) is 2.78. The van der Waals surface area contributed by atoms with Gasteiger partial charge in [-0.2, -0.15) is 0 Å². The maximum absolute atomic E-state index is 10.8. The number of hydrogen-bond acceptors (Lipinski definition) is 5. The molecule has 1 heterocycles. The number of aromatic hydroxyl groups is 1. The minimum atomic E-state index is -0.648. The minimum Gasteiger partial charge on any atom is -0.505 e. The summed E-state index contributed by atoms with van der Waals surface area (Å²) in [5.41, 5.74) is 3.05. The molecule has 6 nitrogen and oxygen atoms in total. The summed E-state index contributed by atoms with van der Waals surface area (Å²) >= 11 is 5.88. The number of anilines is 1. The van der Waals surface area contributed by atoms with E-state index in [-0.39, 0.29) is 27.6 Å². The van der Waals surface area contributed by atoms with Crippen LogP contribution in [0.15, 0.2) is 53.2 Å². The van der Waals surface area contributed by atoms with Crippen LogP contribution in [-0.2, 0) is 5.41 Å². The van der Waals surface area contributed by atoms with Crippen LogP contribution in [0.5, 0.6) is 5.75 Å². The molecular formula is C19H18ClN3O3. The van der Waals surface area contributed by atoms with Crippen molar-refractivity contribution in [1.82, 2.24) is 0 Å². The molecule has 1 aliphatic rings. The van der Waals surface area contributed by atoms with E-state index in [4.69, 9.17) is 11.6 Å². The Labute approximate surface area is 156 Å². The number of phenols is 1. The van der Waals surface area contributed by atoms with Gasteiger partial charge in [0.1, 0.15) is 16.5 Å². The summed E-state index contributed by atoms with van der Waals surface area (Å²) in [5.74, 6) is -0.293. The topological polar surface area (TPSA) is 79.0 Å². The number of nitro benzene ring substituents is 1. The number of aliphatic imine (C=N–C) groups is 1. The molecule has 134 valence electrons. The molecule has 0 saturated carbocycles. The Morgan fingerprint density at radius 2 is 2.00 bits per heavy atom. The molecule has 0 radical (unpaired) electrons. The van der Waals surface area contributed by atoms with Gasteiger partial charge in [0.25, 0.3) is 5.69 Å². The minimum absolute atomic E-state index is 0.0710. The summed E-state index contributed by atoms with van der Waals surface area (Å²) in [6.07, 6.45) is 3.44. The van der Waals surface area contributed by atoms with E-state index < -0.39 is 4.92 Å². The molecular weight excluding hydrogens is 354 g/mol. The Morgan fingerprint density at radius 1 is 1.31 bits per heavy atom. The molecule has 0 saturated heterocycles. The molecule has 26 heavy (non-hydrogen) atoms. The first kappa shape index (κ1) is 17.9. The van der Waals surface area contributed by atoms with Crippen LogP contribution in [-0.4, -0.2) is 23.3 Å². The number of nitro groups is 1. The van der Waals surface area contributed by atoms with Crippen LogP contribution in [0.4, 0.5) is 17.1 Å². The number of rotatable bonds is 3. The van der Waals surface area contributed by atoms with E-state index in [1.165, 1.54) is 11.6 Å². The number of allylic oxidation sites excluding steroid dienone is 2. The maximum Gasteiger partial charge on any atom is 0.291 e. The number of nitrogens with zero attached hydrogens (tertiary/aromatic N) is 3. The predicted octanol–water partition coefficient (Wildman–Crippen LogP) is 4.97. The smallest absolute Gasteiger partial charge is 0.291 e. The molecule has 2 aromatic rings. The molecule has 2 aromatic carbocycles. The highest BCUT2D eigenvalue weighted by Gasteiger charge is 2.37. The SMILES string of the molecule is CN1/C(=C/C=Nc2cc(Cl)c([N+](=O)[O-])cc2O)C(C)(C)c2ccccc21. The maximum atomic E-state index is 10.8. The van der Waals surface area contributed by atoms with Gasteiger partial charge in [-0.25, -0.2) is 0 Å². The number of likely N-dealkylation sites (N-methyl/N-ethyl adjacent to an activating group) is 1. The van der Waals surface area contributed by atoms with E-state index in [1.54, 1.807) is 6.21 Å². The molecule has 0 amide bonds. The Kier molecular flexibility index (Phi) is 4.46. The second kappa shape index (κ2) is 6.46. The molecule has 1 aliphatic heterocycles. The third kappa shape index (κ3) is 2.93. The van der Waals surface area contributed by atoms with Crippen molar-refractivity contribution >= 4 is 34.9 Å². The zero-order valence-electron chi connectivity index (χ0n) is 14.6. The van der Waals surface area contributed by atoms with Gasteiger partial charge in [0, 0.05) is 30.1 Å². The summed E-state index contributed by atoms with van der Waals surface area (Å²) in [6, 6.07) is 10.5. The average molecular weight is 372 g/mol. The molecule has 7 heteroatoms. The fourth-order valence-electron chi connectivity index (χ4n) is 3.27. The predicted molar refractivity (Wildman–Crippen MR) is 104 cm³/mol. The van der Waals surface area contributed by atoms with Crippen LogP contribution >= 0.6 is 11.6 Å². The quantitative estimate of drug-likeness (QED) is 0.469. The molecule has 0 fully saturated rings. The Bertz CT molecular complexity index is 951. The van der Waals surface area contributed by atoms with Crippen molar-refractivity contribution in [3.63, 3.8) is 0 Å². The van der Waals surface area contributed by atoms with E-state index in [0.29, 0.717) is 0 Å². The third-order valence-corrected chi connectivity index (χ3v) is 4.93. The molecule has 0 aromatic heterocycles. The second-order valence-corrected chi connectivity index (χ2v) is 6.99. The second-order valence-electron chi connectivity index (χ2n) is 6.58. The zero-order valence-corrected chi connectivity index (χ0v) is 15.4. The lowest BCUT2D eigenvalue weighted by Crippen LogP contribution is -2.22. The third-order valence-electron chi connectivity index (χ3n) is 4.63. The lowest BCUT2D eigenvalue weighted by atomic mass is 9.84. The number of benzene rings is 2. The number of hydrogen-bond donors (Lipinski definition) is 1. The zero-order chi connectivity index (χ0) is 19.1. The van der Waals surface area contributed by atoms with Crippen molar-refractivity contribution < 1.29 is 10.0 Å². The van der Waals surface area contributed by atoms with Crippen molar-refractivity contribution in [3.8, 4) is 5.75 Å². The van der Waals surface area contributed by atoms with Crippen molar-refractivity contribution in [1.29, 1.82) is 0 Å². The highest BCUT2D eigenvalue weighted by molar-refractivity contribution is 6.33. The summed E-state index contributed by atoms with van der Waals surface area (Å²) < 4.78 is 0. The van der Waals surface area contributed by atoms with Crippen molar-refractivity contribution in [2.24, 2.45) is 4.99 Å². The van der Waals surface area contributed by atoms with Gasteiger partial charge in [-0.05, 0) is 23.8 Å². The lowest BCUT2D eigenvalue weighted by molar-refractivity contribution is -0.384. The Balaban J connectivity index is 1.94. The summed E-state index contributed by atoms with van der Waals surface area (Å²) in [6.45, 7) is 4.27. The van der Waals surface area contributed by atoms with Gasteiger partial charge < -0.3 is 10.0 Å². The monoisotopic (exact) mass is 371 g/mol. The van der Waals surface area contributed by atoms with Crippen LogP contribution in [0, 0.1) is 10.1 Å². The van der Waals surface area contributed by atoms with E-state index in [2.05, 4.69) is 35.9 Å². The normalized spacial score (nSPS) is 17.1. The lowest BCUT2D eigenvalue weighted by Gasteiger charge is -2.23. The highest BCUT2D eigenvalue weighted by Crippen LogP contribution is 2.46. The van der Waals surface area contributed by atoms with Crippen molar-refractivity contribution in [2.45, 2.75) is 19.3 Å². The number of phenolic OH excluding ortho intramolecular Hbond substituents is 1. The molecule has 0 spiro atoms. The van der Waals surface area contributed by atoms with E-state index in [9.17, 15) is 15.2 Å². The van der Waals surface area contributed by atoms with Crippen LogP contribution in [0.3, 0.4) is 0 Å². The van der Waals surface area contributed by atoms with E-state index >= 15 is 0 Å². The highest BCUT2D eigenvalue weighted by atomic mass is 35.5. The van der Waals surface area contributed by atoms with Crippen molar-refractivity contribution in [2.75, 3.05) is 11.9 Å². The molecule has 0 bridgehead atoms. The van der Waals surface area contributed by atoms with Gasteiger partial charge in [0.2, 0.25) is 0 Å². The van der Waals surface area contributed by atoms with E-state index in [0.717, 1.165) is 17.5 Å². The molecule has 3 rings (SSSR count). The first-order valence-electron chi connectivity index (χ1n) is 7.98. The first-order chi connectivity index (χ1) is 12.2. The molecule has 0 atom stereocenters. The fourth-order valence-corrected chi connectivity index (χ4v) is 3.50. The van der Waals surface area contributed by atoms with Crippen LogP contribution < -0.4 is 4.90 Å². The number of para-hydroxylation sites is 1. The Hall–Kier alpha value is -2.86. The summed E-state index contributed by atoms with van der Waals surface area (Å²) in [5, 5.41) is 20.7. The van der Waals surface area contributed by atoms with Gasteiger partial charge >= 0.3 is 0 Å². The van der Waals surface area contributed by atoms with Gasteiger partial charge in [0.05, 0.1) is 11.0 Å². The van der Waals surface area contributed by atoms with Gasteiger partial charge in [-0.3, -0.25) is 15.1 Å². The van der Waals surface area contributed by atoms with Crippen LogP contribution in [0.2, 0.25) is 5.02 Å². The molecule has 0 unspecified atom stereocenters. The Morgan fingerprint density at radius 3 is 2.65 bits per heavy atom. The molecule has 0 aliphatic carbocycles. The fraction of sp³-hybridized carbons (Fsp3) is 0.211. The largest absolute Gasteiger partial charge is 0.505 e. The molecule has 1 N–H and O–H groups in total. The summed E-state index contributed by atoms with van der Waals surface area (Å²) in [4.78, 5) is 16.5. The first-order valence-corrected chi connectivity index (χ1v) is 8.36. The van der Waals surface area contributed by atoms with Gasteiger partial charge in [-0.1, -0.05) is 43.6 Å². The van der Waals surface area contributed by atoms with Crippen molar-refractivity contribution in [3.05, 3.63) is 68.9 Å². The summed E-state index contributed by atoms with van der Waals surface area (Å²) in [7, 11) is 1.99. The van der Waals surface area contributed by atoms with E-state index in [1.807, 2.05) is 25.3 Å². The number of halogens is 1. The van der Waals surface area contributed by atoms with Crippen LogP contribution in [0.1, 0.15) is 19.4 Å². The van der Waals surface area contributed by atoms with Gasteiger partial charge in [-0.15, -0.1) is 0 Å². The standard InChI is InChI=1S/C19H18ClN3O3/c1-19(2)12-6-4-5-7-15(12)22(3)18(19)8-9-21-14-10-13(20)16(23(25)26)11-17(14)24/h4-11,24H,1-3H3/b18-8+,21-9?. The van der Waals surface area contributed by atoms with Gasteiger partial charge in [0.15, 0.2) is 0 Å². The van der Waals surface area contributed by atoms with Crippen LogP contribution in [0.25, 0.3) is 0 Å².